The van der Waals surface area contributed by atoms with E-state index in [0.29, 0.717) is 19.4 Å². The highest BCUT2D eigenvalue weighted by Crippen LogP contribution is 2.18. The van der Waals surface area contributed by atoms with Gasteiger partial charge < -0.3 is 29.6 Å². The zero-order chi connectivity index (χ0) is 37.4. The standard InChI is InChI=1S/C38H68N2O10/c1-6-7-8-9-10-11-14-17-20-23-27-39-35(45)25-22-19-16-13-12-15-18-21-24-28-40-38(46)37(50-33(5)44)36(49-32(4)43)34(48-31(3)42)26-29-47-30(2)41/h34,36-37H,6-29H2,1-5H3,(H,39,45)(H,40,46)/t34-,36-,37+/m0/s1. The molecule has 2 amide bonds. The third kappa shape index (κ3) is 28.6. The maximum Gasteiger partial charge on any atom is 0.303 e. The average molecular weight is 713 g/mol. The summed E-state index contributed by atoms with van der Waals surface area (Å²) in [5.41, 5.74) is 0. The number of nitrogens with one attached hydrogen (secondary N) is 2. The van der Waals surface area contributed by atoms with Gasteiger partial charge in [-0.05, 0) is 19.3 Å². The summed E-state index contributed by atoms with van der Waals surface area (Å²) >= 11 is 0. The van der Waals surface area contributed by atoms with E-state index < -0.39 is 48.1 Å². The van der Waals surface area contributed by atoms with E-state index >= 15 is 0 Å². The topological polar surface area (TPSA) is 163 Å². The van der Waals surface area contributed by atoms with Crippen LogP contribution in [0.4, 0.5) is 0 Å². The molecule has 290 valence electrons. The van der Waals surface area contributed by atoms with E-state index in [2.05, 4.69) is 17.6 Å². The molecule has 0 saturated carbocycles. The molecule has 0 radical (unpaired) electrons. The van der Waals surface area contributed by atoms with Crippen LogP contribution in [0.1, 0.15) is 169 Å². The number of esters is 4. The van der Waals surface area contributed by atoms with Crippen LogP contribution in [0, 0.1) is 0 Å². The molecule has 0 aromatic heterocycles. The van der Waals surface area contributed by atoms with Crippen molar-refractivity contribution in [2.75, 3.05) is 19.7 Å². The van der Waals surface area contributed by atoms with Gasteiger partial charge >= 0.3 is 23.9 Å². The summed E-state index contributed by atoms with van der Waals surface area (Å²) in [5, 5.41) is 5.79. The molecule has 0 aliphatic carbocycles. The molecule has 0 unspecified atom stereocenters. The van der Waals surface area contributed by atoms with Crippen LogP contribution in [0.5, 0.6) is 0 Å². The van der Waals surface area contributed by atoms with Gasteiger partial charge in [-0.1, -0.05) is 110 Å². The second kappa shape index (κ2) is 31.8. The molecule has 12 nitrogen and oxygen atoms in total. The van der Waals surface area contributed by atoms with Crippen molar-refractivity contribution in [2.24, 2.45) is 0 Å². The Balaban J connectivity index is 4.21. The lowest BCUT2D eigenvalue weighted by atomic mass is 10.0. The average Bonchev–Trinajstić information content (AvgIpc) is 3.04. The molecule has 0 aliphatic heterocycles. The van der Waals surface area contributed by atoms with E-state index in [1.54, 1.807) is 0 Å². The van der Waals surface area contributed by atoms with Gasteiger partial charge in [0.1, 0.15) is 6.10 Å². The van der Waals surface area contributed by atoms with Crippen molar-refractivity contribution in [1.29, 1.82) is 0 Å². The third-order valence-electron chi connectivity index (χ3n) is 8.28. The minimum atomic E-state index is -1.58. The fraction of sp³-hybridized carbons (Fsp3) is 0.842. The van der Waals surface area contributed by atoms with Crippen molar-refractivity contribution in [3.8, 4) is 0 Å². The molecule has 0 saturated heterocycles. The van der Waals surface area contributed by atoms with E-state index in [1.807, 2.05) is 0 Å². The number of unbranched alkanes of at least 4 members (excludes halogenated alkanes) is 17. The number of hydrogen-bond acceptors (Lipinski definition) is 10. The zero-order valence-electron chi connectivity index (χ0n) is 31.8. The van der Waals surface area contributed by atoms with E-state index in [-0.39, 0.29) is 18.9 Å². The predicted molar refractivity (Wildman–Crippen MR) is 192 cm³/mol. The second-order valence-corrected chi connectivity index (χ2v) is 13.1. The van der Waals surface area contributed by atoms with E-state index in [9.17, 15) is 28.8 Å². The summed E-state index contributed by atoms with van der Waals surface area (Å²) in [6, 6.07) is 0. The monoisotopic (exact) mass is 712 g/mol. The quantitative estimate of drug-likeness (QED) is 0.0431. The second-order valence-electron chi connectivity index (χ2n) is 13.1. The van der Waals surface area contributed by atoms with Gasteiger partial charge in [0.05, 0.1) is 6.61 Å². The predicted octanol–water partition coefficient (Wildman–Crippen LogP) is 6.79. The lowest BCUT2D eigenvalue weighted by Gasteiger charge is -2.31. The Labute approximate surface area is 301 Å². The van der Waals surface area contributed by atoms with Crippen molar-refractivity contribution in [1.82, 2.24) is 10.6 Å². The molecule has 0 spiro atoms. The number of carbonyl (C=O) groups excluding carboxylic acids is 6. The van der Waals surface area contributed by atoms with E-state index in [0.717, 1.165) is 85.1 Å². The molecule has 0 aromatic carbocycles. The lowest BCUT2D eigenvalue weighted by Crippen LogP contribution is -2.52. The first-order valence-corrected chi connectivity index (χ1v) is 19.2. The van der Waals surface area contributed by atoms with Crippen LogP contribution in [-0.2, 0) is 47.7 Å². The Bertz CT molecular complexity index is 958. The van der Waals surface area contributed by atoms with Gasteiger partial charge in [0.25, 0.3) is 5.91 Å². The normalized spacial score (nSPS) is 12.7. The Morgan fingerprint density at radius 3 is 1.40 bits per heavy atom. The highest BCUT2D eigenvalue weighted by atomic mass is 16.6. The largest absolute Gasteiger partial charge is 0.466 e. The molecular formula is C38H68N2O10. The van der Waals surface area contributed by atoms with Gasteiger partial charge in [-0.3, -0.25) is 28.8 Å². The van der Waals surface area contributed by atoms with Crippen molar-refractivity contribution in [3.05, 3.63) is 0 Å². The molecule has 0 fully saturated rings. The van der Waals surface area contributed by atoms with Gasteiger partial charge in [-0.25, -0.2) is 0 Å². The van der Waals surface area contributed by atoms with Crippen molar-refractivity contribution >= 4 is 35.7 Å². The smallest absolute Gasteiger partial charge is 0.303 e. The number of carbonyl (C=O) groups is 6. The first-order valence-electron chi connectivity index (χ1n) is 19.2. The number of rotatable bonds is 32. The number of hydrogen-bond donors (Lipinski definition) is 2. The van der Waals surface area contributed by atoms with E-state index in [1.165, 1.54) is 64.7 Å². The zero-order valence-corrected chi connectivity index (χ0v) is 31.8. The molecule has 0 rings (SSSR count). The Morgan fingerprint density at radius 1 is 0.500 bits per heavy atom. The van der Waals surface area contributed by atoms with Crippen LogP contribution < -0.4 is 10.6 Å². The molecule has 0 aromatic rings. The summed E-state index contributed by atoms with van der Waals surface area (Å²) in [5.74, 6) is -3.36. The summed E-state index contributed by atoms with van der Waals surface area (Å²) in [6.07, 6.45) is 18.2. The first kappa shape index (κ1) is 46.8. The highest BCUT2D eigenvalue weighted by Gasteiger charge is 2.41. The fourth-order valence-electron chi connectivity index (χ4n) is 5.68. The molecule has 50 heavy (non-hydrogen) atoms. The first-order chi connectivity index (χ1) is 24.0. The van der Waals surface area contributed by atoms with Crippen LogP contribution in [0.15, 0.2) is 0 Å². The molecule has 12 heteroatoms. The minimum absolute atomic E-state index is 0.0864. The number of amides is 2. The van der Waals surface area contributed by atoms with Crippen molar-refractivity contribution in [3.63, 3.8) is 0 Å². The molecule has 0 bridgehead atoms. The van der Waals surface area contributed by atoms with Crippen LogP contribution in [0.25, 0.3) is 0 Å². The molecular weight excluding hydrogens is 644 g/mol. The van der Waals surface area contributed by atoms with Crippen LogP contribution in [0.3, 0.4) is 0 Å². The van der Waals surface area contributed by atoms with E-state index in [4.69, 9.17) is 18.9 Å². The van der Waals surface area contributed by atoms with Gasteiger partial charge in [0, 0.05) is 53.6 Å². The van der Waals surface area contributed by atoms with Crippen molar-refractivity contribution < 1.29 is 47.7 Å². The maximum atomic E-state index is 13.1. The summed E-state index contributed by atoms with van der Waals surface area (Å²) in [4.78, 5) is 71.9. The minimum Gasteiger partial charge on any atom is -0.466 e. The lowest BCUT2D eigenvalue weighted by molar-refractivity contribution is -0.187. The Morgan fingerprint density at radius 2 is 0.940 bits per heavy atom. The Kier molecular flexibility index (Phi) is 29.8. The van der Waals surface area contributed by atoms with Gasteiger partial charge in [0.2, 0.25) is 12.0 Å². The van der Waals surface area contributed by atoms with Crippen LogP contribution >= 0.6 is 0 Å². The SMILES string of the molecule is CCCCCCCCCCCCNC(=O)CCCCCCCCCCCNC(=O)[C@H](OC(C)=O)[C@@H](OC(C)=O)[C@H](CCOC(C)=O)OC(C)=O. The third-order valence-corrected chi connectivity index (χ3v) is 8.28. The highest BCUT2D eigenvalue weighted by molar-refractivity contribution is 5.84. The van der Waals surface area contributed by atoms with Gasteiger partial charge in [0.15, 0.2) is 6.10 Å². The molecule has 0 heterocycles. The Hall–Kier alpha value is -3.18. The van der Waals surface area contributed by atoms with Crippen LogP contribution in [-0.4, -0.2) is 73.7 Å². The molecule has 2 N–H and O–H groups in total. The number of ether oxygens (including phenoxy) is 4. The summed E-state index contributed by atoms with van der Waals surface area (Å²) in [6.45, 7) is 7.77. The molecule has 0 aliphatic rings. The van der Waals surface area contributed by atoms with Gasteiger partial charge in [-0.2, -0.15) is 0 Å². The van der Waals surface area contributed by atoms with Crippen molar-refractivity contribution in [2.45, 2.75) is 188 Å². The summed E-state index contributed by atoms with van der Waals surface area (Å²) in [7, 11) is 0. The van der Waals surface area contributed by atoms with Crippen LogP contribution in [0.2, 0.25) is 0 Å². The summed E-state index contributed by atoms with van der Waals surface area (Å²) < 4.78 is 20.7. The fourth-order valence-corrected chi connectivity index (χ4v) is 5.68. The van der Waals surface area contributed by atoms with Gasteiger partial charge in [-0.15, -0.1) is 0 Å². The maximum absolute atomic E-state index is 13.1. The molecule has 3 atom stereocenters.